The van der Waals surface area contributed by atoms with Gasteiger partial charge in [0, 0.05) is 36.7 Å². The lowest BCUT2D eigenvalue weighted by molar-refractivity contribution is -0.132. The smallest absolute Gasteiger partial charge is 0.244 e. The molecule has 0 saturated heterocycles. The lowest BCUT2D eigenvalue weighted by atomic mass is 10.1. The van der Waals surface area contributed by atoms with E-state index in [0.29, 0.717) is 50.1 Å². The van der Waals surface area contributed by atoms with Gasteiger partial charge in [0.15, 0.2) is 14.6 Å². The monoisotopic (exact) mass is 486 g/mol. The Morgan fingerprint density at radius 2 is 1.76 bits per heavy atom. The second-order valence-electron chi connectivity index (χ2n) is 8.53. The van der Waals surface area contributed by atoms with Gasteiger partial charge in [0.1, 0.15) is 11.5 Å². The molecule has 174 valence electrons. The van der Waals surface area contributed by atoms with E-state index >= 15 is 0 Å². The topological polar surface area (TPSA) is 80.5 Å². The van der Waals surface area contributed by atoms with E-state index in [4.69, 9.17) is 16.1 Å². The van der Waals surface area contributed by atoms with Crippen LogP contribution in [0.15, 0.2) is 70.1 Å². The molecule has 0 unspecified atom stereocenters. The van der Waals surface area contributed by atoms with Crippen molar-refractivity contribution in [2.45, 2.75) is 48.2 Å². The van der Waals surface area contributed by atoms with E-state index in [1.54, 1.807) is 24.1 Å². The van der Waals surface area contributed by atoms with Crippen molar-refractivity contribution in [1.29, 1.82) is 0 Å². The molecule has 3 aromatic rings. The predicted molar refractivity (Wildman–Crippen MR) is 128 cm³/mol. The van der Waals surface area contributed by atoms with Crippen molar-refractivity contribution in [3.05, 3.63) is 71.4 Å². The van der Waals surface area contributed by atoms with Crippen LogP contribution in [-0.4, -0.2) is 42.7 Å². The minimum atomic E-state index is -3.84. The van der Waals surface area contributed by atoms with Crippen LogP contribution in [0.1, 0.15) is 37.9 Å². The number of aryl methyl sites for hydroxylation is 1. The van der Waals surface area contributed by atoms with Gasteiger partial charge in [-0.1, -0.05) is 59.9 Å². The molecule has 1 aliphatic rings. The van der Waals surface area contributed by atoms with Gasteiger partial charge in [-0.05, 0) is 43.5 Å². The largest absolute Gasteiger partial charge is 0.361 e. The highest BCUT2D eigenvalue weighted by molar-refractivity contribution is 7.93. The number of carbonyl (C=O) groups is 1. The Morgan fingerprint density at radius 3 is 2.42 bits per heavy atom. The summed E-state index contributed by atoms with van der Waals surface area (Å²) in [5.41, 5.74) is 1.75. The number of rotatable bonds is 8. The lowest BCUT2D eigenvalue weighted by Gasteiger charge is -2.32. The number of benzene rings is 2. The first kappa shape index (κ1) is 23.5. The van der Waals surface area contributed by atoms with Crippen molar-refractivity contribution < 1.29 is 17.7 Å². The first-order chi connectivity index (χ1) is 15.8. The highest BCUT2D eigenvalue weighted by atomic mass is 35.5. The van der Waals surface area contributed by atoms with Crippen LogP contribution < -0.4 is 0 Å². The zero-order valence-corrected chi connectivity index (χ0v) is 20.1. The van der Waals surface area contributed by atoms with Gasteiger partial charge in [-0.2, -0.15) is 0 Å². The number of amides is 1. The highest BCUT2D eigenvalue weighted by Gasteiger charge is 2.53. The van der Waals surface area contributed by atoms with Crippen molar-refractivity contribution in [3.63, 3.8) is 0 Å². The molecular formula is C25H27ClN2O4S. The number of carbonyl (C=O) groups excluding carboxylic acids is 1. The fourth-order valence-electron chi connectivity index (χ4n) is 4.50. The molecule has 33 heavy (non-hydrogen) atoms. The molecule has 0 spiro atoms. The van der Waals surface area contributed by atoms with Gasteiger partial charge in [-0.15, -0.1) is 0 Å². The molecule has 1 fully saturated rings. The fraction of sp³-hybridized carbons (Fsp3) is 0.360. The van der Waals surface area contributed by atoms with Gasteiger partial charge in [-0.3, -0.25) is 4.79 Å². The van der Waals surface area contributed by atoms with Crippen molar-refractivity contribution in [2.75, 3.05) is 13.6 Å². The second-order valence-corrected chi connectivity index (χ2v) is 11.2. The molecule has 0 aliphatic heterocycles. The Labute approximate surface area is 199 Å². The fourth-order valence-corrected chi connectivity index (χ4v) is 6.78. The molecule has 1 amide bonds. The molecule has 4 rings (SSSR count). The normalized spacial score (nSPS) is 15.5. The van der Waals surface area contributed by atoms with E-state index in [1.807, 2.05) is 36.4 Å². The van der Waals surface area contributed by atoms with Gasteiger partial charge < -0.3 is 9.42 Å². The molecular weight excluding hydrogens is 460 g/mol. The van der Waals surface area contributed by atoms with Crippen LogP contribution in [0.2, 0.25) is 5.02 Å². The first-order valence-corrected chi connectivity index (χ1v) is 13.0. The Morgan fingerprint density at radius 1 is 1.09 bits per heavy atom. The average Bonchev–Trinajstić information content (AvgIpc) is 3.50. The number of hydrogen-bond acceptors (Lipinski definition) is 5. The zero-order valence-electron chi connectivity index (χ0n) is 18.5. The quantitative estimate of drug-likeness (QED) is 0.438. The molecule has 0 bridgehead atoms. The van der Waals surface area contributed by atoms with Gasteiger partial charge >= 0.3 is 0 Å². The van der Waals surface area contributed by atoms with Gasteiger partial charge in [-0.25, -0.2) is 8.42 Å². The van der Waals surface area contributed by atoms with Gasteiger partial charge in [0.25, 0.3) is 0 Å². The van der Waals surface area contributed by atoms with Crippen LogP contribution in [0.4, 0.5) is 0 Å². The zero-order chi connectivity index (χ0) is 23.5. The maximum absolute atomic E-state index is 13.5. The molecule has 1 aromatic heterocycles. The summed E-state index contributed by atoms with van der Waals surface area (Å²) in [5, 5.41) is 4.58. The SMILES string of the molecule is CN(CCCc1cc(-c2ccccc2)no1)C(=O)C1(S(=O)(=O)c2ccc(Cl)cc2)CCCC1. The number of sulfone groups is 1. The third-order valence-corrected chi connectivity index (χ3v) is 9.09. The maximum atomic E-state index is 13.5. The Hall–Kier alpha value is -2.64. The summed E-state index contributed by atoms with van der Waals surface area (Å²) in [6.45, 7) is 0.429. The molecule has 1 saturated carbocycles. The molecule has 1 aliphatic carbocycles. The van der Waals surface area contributed by atoms with Crippen LogP contribution in [0.5, 0.6) is 0 Å². The van der Waals surface area contributed by atoms with Crippen LogP contribution in [-0.2, 0) is 21.1 Å². The Kier molecular flexibility index (Phi) is 6.91. The maximum Gasteiger partial charge on any atom is 0.244 e. The van der Waals surface area contributed by atoms with Crippen molar-refractivity contribution >= 4 is 27.3 Å². The number of aromatic nitrogens is 1. The van der Waals surface area contributed by atoms with Gasteiger partial charge in [0.2, 0.25) is 5.91 Å². The molecule has 6 nitrogen and oxygen atoms in total. The molecule has 0 N–H and O–H groups in total. The summed E-state index contributed by atoms with van der Waals surface area (Å²) in [6, 6.07) is 17.7. The number of nitrogens with zero attached hydrogens (tertiary/aromatic N) is 2. The van der Waals surface area contributed by atoms with Gasteiger partial charge in [0.05, 0.1) is 4.90 Å². The van der Waals surface area contributed by atoms with Crippen LogP contribution in [0.25, 0.3) is 11.3 Å². The summed E-state index contributed by atoms with van der Waals surface area (Å²) in [4.78, 5) is 15.2. The van der Waals surface area contributed by atoms with Crippen LogP contribution in [0.3, 0.4) is 0 Å². The van der Waals surface area contributed by atoms with E-state index in [9.17, 15) is 13.2 Å². The van der Waals surface area contributed by atoms with Crippen molar-refractivity contribution in [2.24, 2.45) is 0 Å². The summed E-state index contributed by atoms with van der Waals surface area (Å²) < 4.78 is 31.1. The number of halogens is 1. The van der Waals surface area contributed by atoms with E-state index in [0.717, 1.165) is 17.0 Å². The molecule has 1 heterocycles. The van der Waals surface area contributed by atoms with E-state index in [2.05, 4.69) is 5.16 Å². The molecule has 0 atom stereocenters. The third-order valence-electron chi connectivity index (χ3n) is 6.33. The standard InChI is InChI=1S/C25H27ClN2O4S/c1-28(17-7-10-21-18-23(27-32-21)19-8-3-2-4-9-19)24(29)25(15-5-6-16-25)33(30,31)22-13-11-20(26)12-14-22/h2-4,8-9,11-14,18H,5-7,10,15-17H2,1H3. The highest BCUT2D eigenvalue weighted by Crippen LogP contribution is 2.42. The van der Waals surface area contributed by atoms with Crippen molar-refractivity contribution in [1.82, 2.24) is 10.1 Å². The lowest BCUT2D eigenvalue weighted by Crippen LogP contribution is -2.51. The predicted octanol–water partition coefficient (Wildman–Crippen LogP) is 5.17. The third kappa shape index (κ3) is 4.70. The van der Waals surface area contributed by atoms with Crippen molar-refractivity contribution in [3.8, 4) is 11.3 Å². The average molecular weight is 487 g/mol. The van der Waals surface area contributed by atoms with E-state index in [1.165, 1.54) is 12.1 Å². The summed E-state index contributed by atoms with van der Waals surface area (Å²) in [7, 11) is -2.17. The molecule has 8 heteroatoms. The molecule has 0 radical (unpaired) electrons. The minimum absolute atomic E-state index is 0.144. The summed E-state index contributed by atoms with van der Waals surface area (Å²) in [6.07, 6.45) is 3.35. The summed E-state index contributed by atoms with van der Waals surface area (Å²) >= 11 is 5.93. The minimum Gasteiger partial charge on any atom is -0.361 e. The first-order valence-electron chi connectivity index (χ1n) is 11.1. The van der Waals surface area contributed by atoms with E-state index < -0.39 is 14.6 Å². The van der Waals surface area contributed by atoms with Crippen LogP contribution in [0, 0.1) is 0 Å². The Bertz CT molecular complexity index is 1200. The van der Waals surface area contributed by atoms with E-state index in [-0.39, 0.29) is 10.8 Å². The molecule has 2 aromatic carbocycles. The number of hydrogen-bond donors (Lipinski definition) is 0. The van der Waals surface area contributed by atoms with Crippen LogP contribution >= 0.6 is 11.6 Å². The Balaban J connectivity index is 1.43. The second kappa shape index (κ2) is 9.69. The summed E-state index contributed by atoms with van der Waals surface area (Å²) in [5.74, 6) is 0.400.